The van der Waals surface area contributed by atoms with Crippen molar-refractivity contribution in [3.63, 3.8) is 0 Å². The van der Waals surface area contributed by atoms with Gasteiger partial charge in [-0.2, -0.15) is 0 Å². The number of nitrogens with zero attached hydrogens (tertiary/aromatic N) is 2. The lowest BCUT2D eigenvalue weighted by atomic mass is 10.1. The average Bonchev–Trinajstić information content (AvgIpc) is 2.71. The van der Waals surface area contributed by atoms with Gasteiger partial charge in [-0.25, -0.2) is 0 Å². The quantitative estimate of drug-likeness (QED) is 0.650. The van der Waals surface area contributed by atoms with Crippen molar-refractivity contribution < 1.29 is 10.0 Å². The smallest absolute Gasteiger partial charge is 0.293 e. The first kappa shape index (κ1) is 14.2. The minimum absolute atomic E-state index is 0.0597. The van der Waals surface area contributed by atoms with Crippen LogP contribution in [0.5, 0.6) is 0 Å². The van der Waals surface area contributed by atoms with Crippen molar-refractivity contribution in [2.24, 2.45) is 0 Å². The SMILES string of the molecule is CN1CC(Nc2ccc(Br)cc2[N+](=O)[O-])CC1CO. The van der Waals surface area contributed by atoms with E-state index in [0.717, 1.165) is 13.0 Å². The van der Waals surface area contributed by atoms with E-state index in [2.05, 4.69) is 26.1 Å². The monoisotopic (exact) mass is 329 g/mol. The van der Waals surface area contributed by atoms with E-state index in [9.17, 15) is 15.2 Å². The molecular formula is C12H16BrN3O3. The Kier molecular flexibility index (Phi) is 4.38. The predicted molar refractivity (Wildman–Crippen MR) is 76.3 cm³/mol. The van der Waals surface area contributed by atoms with Gasteiger partial charge in [0.05, 0.1) is 11.5 Å². The number of aliphatic hydroxyl groups excluding tert-OH is 1. The minimum Gasteiger partial charge on any atom is -0.395 e. The zero-order valence-corrected chi connectivity index (χ0v) is 12.1. The van der Waals surface area contributed by atoms with Crippen LogP contribution in [0.1, 0.15) is 6.42 Å². The van der Waals surface area contributed by atoms with Crippen molar-refractivity contribution in [2.45, 2.75) is 18.5 Å². The van der Waals surface area contributed by atoms with E-state index in [4.69, 9.17) is 0 Å². The molecule has 2 N–H and O–H groups in total. The third-order valence-corrected chi connectivity index (χ3v) is 3.91. The molecule has 0 bridgehead atoms. The third-order valence-electron chi connectivity index (χ3n) is 3.42. The van der Waals surface area contributed by atoms with Crippen molar-refractivity contribution in [3.05, 3.63) is 32.8 Å². The van der Waals surface area contributed by atoms with Gasteiger partial charge in [-0.05, 0) is 25.6 Å². The highest BCUT2D eigenvalue weighted by Gasteiger charge is 2.30. The Bertz CT molecular complexity index is 483. The number of likely N-dealkylation sites (tertiary alicyclic amines) is 1. The van der Waals surface area contributed by atoms with Crippen LogP contribution in [0, 0.1) is 10.1 Å². The molecule has 0 aliphatic carbocycles. The van der Waals surface area contributed by atoms with Crippen LogP contribution in [0.2, 0.25) is 0 Å². The number of nitrogens with one attached hydrogen (secondary N) is 1. The first-order valence-electron chi connectivity index (χ1n) is 6.03. The fraction of sp³-hybridized carbons (Fsp3) is 0.500. The Labute approximate surface area is 119 Å². The topological polar surface area (TPSA) is 78.6 Å². The molecule has 19 heavy (non-hydrogen) atoms. The van der Waals surface area contributed by atoms with Gasteiger partial charge in [0, 0.05) is 29.2 Å². The summed E-state index contributed by atoms with van der Waals surface area (Å²) in [6.07, 6.45) is 0.778. The van der Waals surface area contributed by atoms with Crippen molar-refractivity contribution in [1.29, 1.82) is 0 Å². The normalized spacial score (nSPS) is 23.5. The molecule has 1 aromatic carbocycles. The maximum Gasteiger partial charge on any atom is 0.293 e. The second-order valence-corrected chi connectivity index (χ2v) is 5.69. The highest BCUT2D eigenvalue weighted by molar-refractivity contribution is 9.10. The number of likely N-dealkylation sites (N-methyl/N-ethyl adjacent to an activating group) is 1. The Morgan fingerprint density at radius 1 is 1.63 bits per heavy atom. The second-order valence-electron chi connectivity index (χ2n) is 4.77. The Morgan fingerprint density at radius 3 is 2.95 bits per heavy atom. The molecule has 0 saturated carbocycles. The first-order valence-corrected chi connectivity index (χ1v) is 6.82. The summed E-state index contributed by atoms with van der Waals surface area (Å²) in [6.45, 7) is 0.871. The van der Waals surface area contributed by atoms with Gasteiger partial charge in [0.1, 0.15) is 5.69 Å². The molecule has 0 amide bonds. The predicted octanol–water partition coefficient (Wildman–Crippen LogP) is 1.83. The standard InChI is InChI=1S/C12H16BrN3O3/c1-15-6-9(5-10(15)7-17)14-11-3-2-8(13)4-12(11)16(18)19/h2-4,9-10,14,17H,5-7H2,1H3. The van der Waals surface area contributed by atoms with E-state index in [1.165, 1.54) is 6.07 Å². The van der Waals surface area contributed by atoms with Crippen LogP contribution in [0.3, 0.4) is 0 Å². The largest absolute Gasteiger partial charge is 0.395 e. The van der Waals surface area contributed by atoms with Crippen LogP contribution in [0.25, 0.3) is 0 Å². The summed E-state index contributed by atoms with van der Waals surface area (Å²) in [6, 6.07) is 5.20. The summed E-state index contributed by atoms with van der Waals surface area (Å²) in [7, 11) is 1.94. The molecule has 6 nitrogen and oxygen atoms in total. The van der Waals surface area contributed by atoms with Crippen LogP contribution in [-0.4, -0.2) is 47.2 Å². The molecule has 1 aromatic rings. The number of nitro groups is 1. The molecule has 1 aliphatic rings. The van der Waals surface area contributed by atoms with Crippen molar-refractivity contribution >= 4 is 27.3 Å². The Balaban J connectivity index is 2.14. The van der Waals surface area contributed by atoms with Crippen molar-refractivity contribution in [2.75, 3.05) is 25.5 Å². The minimum atomic E-state index is -0.394. The molecule has 104 valence electrons. The Morgan fingerprint density at radius 2 is 2.37 bits per heavy atom. The van der Waals surface area contributed by atoms with Crippen LogP contribution in [-0.2, 0) is 0 Å². The van der Waals surface area contributed by atoms with Gasteiger partial charge in [-0.3, -0.25) is 15.0 Å². The zero-order chi connectivity index (χ0) is 14.0. The number of nitro benzene ring substituents is 1. The molecule has 1 heterocycles. The van der Waals surface area contributed by atoms with Gasteiger partial charge in [0.25, 0.3) is 5.69 Å². The number of hydrogen-bond donors (Lipinski definition) is 2. The Hall–Kier alpha value is -1.18. The fourth-order valence-corrected chi connectivity index (χ4v) is 2.74. The van der Waals surface area contributed by atoms with E-state index < -0.39 is 4.92 Å². The van der Waals surface area contributed by atoms with E-state index >= 15 is 0 Å². The van der Waals surface area contributed by atoms with Crippen molar-refractivity contribution in [3.8, 4) is 0 Å². The van der Waals surface area contributed by atoms with Gasteiger partial charge in [-0.15, -0.1) is 0 Å². The van der Waals surface area contributed by atoms with E-state index in [-0.39, 0.29) is 24.4 Å². The maximum absolute atomic E-state index is 11.0. The van der Waals surface area contributed by atoms with Gasteiger partial charge < -0.3 is 10.4 Å². The number of anilines is 1. The number of aliphatic hydroxyl groups is 1. The molecule has 2 rings (SSSR count). The molecule has 2 unspecified atom stereocenters. The highest BCUT2D eigenvalue weighted by Crippen LogP contribution is 2.30. The summed E-state index contributed by atoms with van der Waals surface area (Å²) >= 11 is 3.23. The molecule has 0 spiro atoms. The average molecular weight is 330 g/mol. The number of hydrogen-bond acceptors (Lipinski definition) is 5. The lowest BCUT2D eigenvalue weighted by molar-refractivity contribution is -0.384. The molecule has 1 fully saturated rings. The summed E-state index contributed by atoms with van der Waals surface area (Å²) in [5, 5.41) is 23.4. The lowest BCUT2D eigenvalue weighted by Gasteiger charge is -2.15. The zero-order valence-electron chi connectivity index (χ0n) is 10.5. The molecule has 2 atom stereocenters. The lowest BCUT2D eigenvalue weighted by Crippen LogP contribution is -2.28. The van der Waals surface area contributed by atoms with Crippen LogP contribution in [0.4, 0.5) is 11.4 Å². The number of rotatable bonds is 4. The van der Waals surface area contributed by atoms with Crippen LogP contribution >= 0.6 is 15.9 Å². The summed E-state index contributed by atoms with van der Waals surface area (Å²) in [4.78, 5) is 12.7. The molecule has 7 heteroatoms. The first-order chi connectivity index (χ1) is 9.01. The molecular weight excluding hydrogens is 314 g/mol. The van der Waals surface area contributed by atoms with Gasteiger partial charge in [0.2, 0.25) is 0 Å². The summed E-state index contributed by atoms with van der Waals surface area (Å²) in [5.41, 5.74) is 0.578. The molecule has 0 radical (unpaired) electrons. The molecule has 1 saturated heterocycles. The van der Waals surface area contributed by atoms with Crippen LogP contribution < -0.4 is 5.32 Å². The van der Waals surface area contributed by atoms with Gasteiger partial charge in [-0.1, -0.05) is 15.9 Å². The summed E-state index contributed by atoms with van der Waals surface area (Å²) in [5.74, 6) is 0. The third kappa shape index (κ3) is 3.23. The van der Waals surface area contributed by atoms with Crippen molar-refractivity contribution in [1.82, 2.24) is 4.90 Å². The summed E-state index contributed by atoms with van der Waals surface area (Å²) < 4.78 is 0.682. The maximum atomic E-state index is 11.0. The van der Waals surface area contributed by atoms with E-state index in [1.807, 2.05) is 7.05 Å². The number of benzene rings is 1. The van der Waals surface area contributed by atoms with Gasteiger partial charge >= 0.3 is 0 Å². The highest BCUT2D eigenvalue weighted by atomic mass is 79.9. The molecule has 1 aliphatic heterocycles. The van der Waals surface area contributed by atoms with Crippen LogP contribution in [0.15, 0.2) is 22.7 Å². The fourth-order valence-electron chi connectivity index (χ4n) is 2.40. The van der Waals surface area contributed by atoms with E-state index in [0.29, 0.717) is 10.2 Å². The van der Waals surface area contributed by atoms with Gasteiger partial charge in [0.15, 0.2) is 0 Å². The molecule has 0 aromatic heterocycles. The second kappa shape index (κ2) is 5.85. The van der Waals surface area contributed by atoms with E-state index in [1.54, 1.807) is 12.1 Å². The number of halogens is 1.